The number of nitrogens with one attached hydrogen (secondary N) is 1. The largest absolute Gasteiger partial charge is 0.467 e. The van der Waals surface area contributed by atoms with Crippen LogP contribution >= 0.6 is 0 Å². The molecule has 1 aromatic carbocycles. The molecule has 5 N–H and O–H groups in total. The van der Waals surface area contributed by atoms with E-state index < -0.39 is 6.04 Å². The smallest absolute Gasteiger partial charge is 0.329 e. The molecule has 3 rings (SSSR count). The van der Waals surface area contributed by atoms with Gasteiger partial charge in [0, 0.05) is 25.2 Å². The fourth-order valence-corrected chi connectivity index (χ4v) is 2.89. The second-order valence-electron chi connectivity index (χ2n) is 5.47. The summed E-state index contributed by atoms with van der Waals surface area (Å²) >= 11 is 0. The molecule has 0 aliphatic carbocycles. The Morgan fingerprint density at radius 2 is 2.04 bits per heavy atom. The van der Waals surface area contributed by atoms with E-state index in [1.165, 1.54) is 7.11 Å². The molecule has 1 aliphatic rings. The molecule has 0 saturated carbocycles. The molecule has 24 heavy (non-hydrogen) atoms. The number of hydrogen-bond donors (Lipinski definition) is 3. The number of ether oxygens (including phenoxy) is 1. The van der Waals surface area contributed by atoms with Gasteiger partial charge in [0.25, 0.3) is 0 Å². The highest BCUT2D eigenvalue weighted by atomic mass is 16.5. The molecule has 0 spiro atoms. The normalized spacial score (nSPS) is 17.5. The van der Waals surface area contributed by atoms with Gasteiger partial charge in [0.15, 0.2) is 5.82 Å². The van der Waals surface area contributed by atoms with Crippen molar-refractivity contribution in [2.45, 2.75) is 6.04 Å². The standard InChI is InChI=1S/C16H20N6O2/c1-24-15(23)11-9-19-7-8-22(11)13-12(10-5-3-2-4-6-10)20-16(18)21-14(13)17/h2-6,11,19H,7-9H2,1H3,(H4,17,18,20,21). The van der Waals surface area contributed by atoms with Crippen LogP contribution < -0.4 is 21.7 Å². The van der Waals surface area contributed by atoms with Gasteiger partial charge >= 0.3 is 5.97 Å². The predicted molar refractivity (Wildman–Crippen MR) is 92.3 cm³/mol. The lowest BCUT2D eigenvalue weighted by molar-refractivity contribution is -0.142. The number of nitrogens with zero attached hydrogens (tertiary/aromatic N) is 3. The van der Waals surface area contributed by atoms with Crippen molar-refractivity contribution in [3.05, 3.63) is 30.3 Å². The van der Waals surface area contributed by atoms with Crippen molar-refractivity contribution in [3.63, 3.8) is 0 Å². The molecule has 0 amide bonds. The first kappa shape index (κ1) is 16.0. The van der Waals surface area contributed by atoms with Gasteiger partial charge in [-0.1, -0.05) is 30.3 Å². The number of carbonyl (C=O) groups excluding carboxylic acids is 1. The number of nitrogen functional groups attached to an aromatic ring is 2. The molecule has 1 saturated heterocycles. The summed E-state index contributed by atoms with van der Waals surface area (Å²) in [4.78, 5) is 22.5. The monoisotopic (exact) mass is 328 g/mol. The molecule has 2 aromatic rings. The predicted octanol–water partition coefficient (Wildman–Crippen LogP) is 0.259. The minimum atomic E-state index is -0.499. The van der Waals surface area contributed by atoms with Crippen molar-refractivity contribution in [2.24, 2.45) is 0 Å². The van der Waals surface area contributed by atoms with Gasteiger partial charge in [0.1, 0.15) is 17.4 Å². The third-order valence-corrected chi connectivity index (χ3v) is 3.98. The zero-order valence-corrected chi connectivity index (χ0v) is 13.4. The Hall–Kier alpha value is -2.87. The van der Waals surface area contributed by atoms with E-state index in [2.05, 4.69) is 15.3 Å². The Morgan fingerprint density at radius 1 is 1.29 bits per heavy atom. The Bertz CT molecular complexity index is 737. The van der Waals surface area contributed by atoms with Crippen LogP contribution in [0.1, 0.15) is 0 Å². The van der Waals surface area contributed by atoms with E-state index in [-0.39, 0.29) is 17.7 Å². The van der Waals surface area contributed by atoms with Gasteiger partial charge < -0.3 is 26.4 Å². The molecular weight excluding hydrogens is 308 g/mol. The topological polar surface area (TPSA) is 119 Å². The average molecular weight is 328 g/mol. The van der Waals surface area contributed by atoms with E-state index in [1.807, 2.05) is 35.2 Å². The number of aromatic nitrogens is 2. The van der Waals surface area contributed by atoms with Crippen LogP contribution in [0.5, 0.6) is 0 Å². The van der Waals surface area contributed by atoms with Crippen molar-refractivity contribution in [1.29, 1.82) is 0 Å². The Kier molecular flexibility index (Phi) is 4.48. The van der Waals surface area contributed by atoms with E-state index in [1.54, 1.807) is 0 Å². The fraction of sp³-hybridized carbons (Fsp3) is 0.312. The summed E-state index contributed by atoms with van der Waals surface area (Å²) in [6, 6.07) is 9.06. The number of nitrogens with two attached hydrogens (primary N) is 2. The quantitative estimate of drug-likeness (QED) is 0.686. The zero-order chi connectivity index (χ0) is 17.1. The second-order valence-corrected chi connectivity index (χ2v) is 5.47. The summed E-state index contributed by atoms with van der Waals surface area (Å²) in [5.41, 5.74) is 14.0. The van der Waals surface area contributed by atoms with Crippen LogP contribution in [0, 0.1) is 0 Å². The van der Waals surface area contributed by atoms with Crippen LogP contribution in [-0.4, -0.2) is 48.7 Å². The van der Waals surface area contributed by atoms with Gasteiger partial charge in [0.2, 0.25) is 5.95 Å². The Morgan fingerprint density at radius 3 is 2.75 bits per heavy atom. The molecule has 0 bridgehead atoms. The molecule has 1 aliphatic heterocycles. The Labute approximate surface area is 139 Å². The van der Waals surface area contributed by atoms with E-state index in [0.717, 1.165) is 5.56 Å². The minimum absolute atomic E-state index is 0.0971. The lowest BCUT2D eigenvalue weighted by Crippen LogP contribution is -2.56. The number of piperazine rings is 1. The molecule has 2 heterocycles. The van der Waals surface area contributed by atoms with Gasteiger partial charge in [0.05, 0.1) is 7.11 Å². The van der Waals surface area contributed by atoms with Crippen LogP contribution in [0.2, 0.25) is 0 Å². The molecule has 1 unspecified atom stereocenters. The van der Waals surface area contributed by atoms with Crippen molar-refractivity contribution in [2.75, 3.05) is 43.1 Å². The highest BCUT2D eigenvalue weighted by Gasteiger charge is 2.33. The summed E-state index contributed by atoms with van der Waals surface area (Å²) in [5, 5.41) is 3.19. The maximum Gasteiger partial charge on any atom is 0.329 e. The van der Waals surface area contributed by atoms with E-state index in [0.29, 0.717) is 31.0 Å². The van der Waals surface area contributed by atoms with Crippen LogP contribution in [0.4, 0.5) is 17.5 Å². The molecule has 8 nitrogen and oxygen atoms in total. The number of methoxy groups -OCH3 is 1. The van der Waals surface area contributed by atoms with Crippen LogP contribution in [0.25, 0.3) is 11.3 Å². The fourth-order valence-electron chi connectivity index (χ4n) is 2.89. The minimum Gasteiger partial charge on any atom is -0.467 e. The summed E-state index contributed by atoms with van der Waals surface area (Å²) in [5.74, 6) is 0.00875. The SMILES string of the molecule is COC(=O)C1CNCCN1c1c(N)nc(N)nc1-c1ccccc1. The van der Waals surface area contributed by atoms with Gasteiger partial charge in [-0.3, -0.25) is 0 Å². The molecule has 1 fully saturated rings. The number of anilines is 3. The maximum absolute atomic E-state index is 12.2. The molecule has 126 valence electrons. The lowest BCUT2D eigenvalue weighted by Gasteiger charge is -2.37. The molecule has 0 radical (unpaired) electrons. The van der Waals surface area contributed by atoms with Crippen LogP contribution in [0.15, 0.2) is 30.3 Å². The van der Waals surface area contributed by atoms with Gasteiger partial charge in [-0.15, -0.1) is 0 Å². The van der Waals surface area contributed by atoms with Crippen molar-refractivity contribution < 1.29 is 9.53 Å². The maximum atomic E-state index is 12.2. The van der Waals surface area contributed by atoms with Crippen molar-refractivity contribution in [1.82, 2.24) is 15.3 Å². The van der Waals surface area contributed by atoms with E-state index in [9.17, 15) is 4.79 Å². The number of rotatable bonds is 3. The lowest BCUT2D eigenvalue weighted by atomic mass is 10.1. The third-order valence-electron chi connectivity index (χ3n) is 3.98. The zero-order valence-electron chi connectivity index (χ0n) is 13.4. The van der Waals surface area contributed by atoms with E-state index >= 15 is 0 Å². The summed E-state index contributed by atoms with van der Waals surface area (Å²) < 4.78 is 4.92. The average Bonchev–Trinajstić information content (AvgIpc) is 2.61. The van der Waals surface area contributed by atoms with Gasteiger partial charge in [-0.25, -0.2) is 9.78 Å². The summed E-state index contributed by atoms with van der Waals surface area (Å²) in [6.07, 6.45) is 0. The molecular formula is C16H20N6O2. The van der Waals surface area contributed by atoms with Crippen molar-refractivity contribution in [3.8, 4) is 11.3 Å². The molecule has 8 heteroatoms. The third kappa shape index (κ3) is 2.95. The number of benzene rings is 1. The van der Waals surface area contributed by atoms with Crippen LogP contribution in [0.3, 0.4) is 0 Å². The first-order valence-electron chi connectivity index (χ1n) is 7.65. The molecule has 1 atom stereocenters. The molecule has 1 aromatic heterocycles. The van der Waals surface area contributed by atoms with E-state index in [4.69, 9.17) is 16.2 Å². The van der Waals surface area contributed by atoms with Gasteiger partial charge in [-0.2, -0.15) is 4.98 Å². The second kappa shape index (κ2) is 6.71. The Balaban J connectivity index is 2.14. The highest BCUT2D eigenvalue weighted by Crippen LogP contribution is 2.35. The summed E-state index contributed by atoms with van der Waals surface area (Å²) in [6.45, 7) is 1.76. The van der Waals surface area contributed by atoms with Gasteiger partial charge in [-0.05, 0) is 0 Å². The number of carbonyl (C=O) groups is 1. The number of hydrogen-bond acceptors (Lipinski definition) is 8. The van der Waals surface area contributed by atoms with Crippen molar-refractivity contribution >= 4 is 23.4 Å². The first-order valence-corrected chi connectivity index (χ1v) is 7.65. The highest BCUT2D eigenvalue weighted by molar-refractivity contribution is 5.88. The van der Waals surface area contributed by atoms with Crippen LogP contribution in [-0.2, 0) is 9.53 Å². The first-order chi connectivity index (χ1) is 11.6. The number of esters is 1. The summed E-state index contributed by atoms with van der Waals surface area (Å²) in [7, 11) is 1.37.